The zero-order chi connectivity index (χ0) is 17.4. The van der Waals surface area contributed by atoms with E-state index < -0.39 is 5.97 Å². The zero-order valence-electron chi connectivity index (χ0n) is 13.6. The van der Waals surface area contributed by atoms with Crippen molar-refractivity contribution in [3.63, 3.8) is 0 Å². The van der Waals surface area contributed by atoms with Crippen molar-refractivity contribution in [2.75, 3.05) is 18.0 Å². The van der Waals surface area contributed by atoms with Gasteiger partial charge in [0, 0.05) is 34.7 Å². The Labute approximate surface area is 150 Å². The highest BCUT2D eigenvalue weighted by Crippen LogP contribution is 2.29. The van der Waals surface area contributed by atoms with Gasteiger partial charge in [-0.25, -0.2) is 9.78 Å². The lowest BCUT2D eigenvalue weighted by Gasteiger charge is -2.17. The number of pyridine rings is 1. The highest BCUT2D eigenvalue weighted by molar-refractivity contribution is 6.31. The highest BCUT2D eigenvalue weighted by Gasteiger charge is 2.15. The third-order valence-electron chi connectivity index (χ3n) is 4.64. The maximum Gasteiger partial charge on any atom is 0.336 e. The van der Waals surface area contributed by atoms with Crippen molar-refractivity contribution >= 4 is 34.2 Å². The molecule has 0 saturated carbocycles. The minimum Gasteiger partial charge on any atom is -0.478 e. The predicted octanol–water partition coefficient (Wildman–Crippen LogP) is 4.85. The molecule has 2 aromatic carbocycles. The average Bonchev–Trinajstić information content (AvgIpc) is 3.15. The molecule has 25 heavy (non-hydrogen) atoms. The maximum absolute atomic E-state index is 11.7. The molecule has 1 saturated heterocycles. The molecule has 0 atom stereocenters. The van der Waals surface area contributed by atoms with Gasteiger partial charge in [-0.15, -0.1) is 0 Å². The number of aromatic nitrogens is 1. The second-order valence-electron chi connectivity index (χ2n) is 6.26. The highest BCUT2D eigenvalue weighted by atomic mass is 35.5. The molecule has 0 aliphatic carbocycles. The van der Waals surface area contributed by atoms with Crippen LogP contribution in [0.3, 0.4) is 0 Å². The number of carboxylic acids is 1. The number of nitrogens with zero attached hydrogens (tertiary/aromatic N) is 2. The Morgan fingerprint density at radius 2 is 1.76 bits per heavy atom. The summed E-state index contributed by atoms with van der Waals surface area (Å²) in [6.07, 6.45) is 2.47. The number of hydrogen-bond acceptors (Lipinski definition) is 3. The number of benzene rings is 2. The largest absolute Gasteiger partial charge is 0.478 e. The second kappa shape index (κ2) is 6.37. The van der Waals surface area contributed by atoms with E-state index in [0.717, 1.165) is 18.7 Å². The molecular weight excluding hydrogens is 336 g/mol. The van der Waals surface area contributed by atoms with Crippen LogP contribution in [0.5, 0.6) is 0 Å². The Morgan fingerprint density at radius 1 is 1.04 bits per heavy atom. The summed E-state index contributed by atoms with van der Waals surface area (Å²) in [5, 5.41) is 10.6. The first-order valence-electron chi connectivity index (χ1n) is 8.31. The van der Waals surface area contributed by atoms with Gasteiger partial charge in [-0.1, -0.05) is 23.7 Å². The van der Waals surface area contributed by atoms with Crippen molar-refractivity contribution in [3.8, 4) is 11.3 Å². The van der Waals surface area contributed by atoms with Gasteiger partial charge < -0.3 is 10.0 Å². The van der Waals surface area contributed by atoms with Crippen molar-refractivity contribution in [3.05, 3.63) is 59.1 Å². The standard InChI is InChI=1S/C20H17ClN2O2/c21-14-5-8-18-16(11-14)17(20(24)25)12-19(22-18)13-3-6-15(7-4-13)23-9-1-2-10-23/h3-8,11-12H,1-2,9-10H2,(H,24,25). The number of anilines is 1. The number of hydrogen-bond donors (Lipinski definition) is 1. The van der Waals surface area contributed by atoms with Crippen LogP contribution in [0.4, 0.5) is 5.69 Å². The van der Waals surface area contributed by atoms with Crippen LogP contribution in [0.15, 0.2) is 48.5 Å². The molecule has 4 nitrogen and oxygen atoms in total. The topological polar surface area (TPSA) is 53.4 Å². The van der Waals surface area contributed by atoms with E-state index in [1.54, 1.807) is 24.3 Å². The van der Waals surface area contributed by atoms with Crippen molar-refractivity contribution in [2.24, 2.45) is 0 Å². The summed E-state index contributed by atoms with van der Waals surface area (Å²) >= 11 is 6.01. The Bertz CT molecular complexity index is 948. The van der Waals surface area contributed by atoms with Crippen LogP contribution < -0.4 is 4.90 Å². The van der Waals surface area contributed by atoms with E-state index in [-0.39, 0.29) is 5.56 Å². The minimum absolute atomic E-state index is 0.214. The molecule has 0 unspecified atom stereocenters. The third kappa shape index (κ3) is 3.05. The molecule has 3 aromatic rings. The number of aromatic carboxylic acids is 1. The molecular formula is C20H17ClN2O2. The Balaban J connectivity index is 1.78. The molecule has 1 aromatic heterocycles. The van der Waals surface area contributed by atoms with Crippen LogP contribution >= 0.6 is 11.6 Å². The van der Waals surface area contributed by atoms with Gasteiger partial charge in [0.1, 0.15) is 0 Å². The number of fused-ring (bicyclic) bond motifs is 1. The van der Waals surface area contributed by atoms with E-state index in [1.165, 1.54) is 18.5 Å². The van der Waals surface area contributed by atoms with E-state index in [0.29, 0.717) is 21.6 Å². The van der Waals surface area contributed by atoms with E-state index in [2.05, 4.69) is 22.0 Å². The lowest BCUT2D eigenvalue weighted by Crippen LogP contribution is -2.17. The number of carbonyl (C=O) groups is 1. The van der Waals surface area contributed by atoms with E-state index in [4.69, 9.17) is 11.6 Å². The SMILES string of the molecule is O=C(O)c1cc(-c2ccc(N3CCCC3)cc2)nc2ccc(Cl)cc12. The number of rotatable bonds is 3. The molecule has 0 radical (unpaired) electrons. The van der Waals surface area contributed by atoms with Gasteiger partial charge in [-0.05, 0) is 49.2 Å². The fourth-order valence-corrected chi connectivity index (χ4v) is 3.51. The summed E-state index contributed by atoms with van der Waals surface area (Å²) < 4.78 is 0. The summed E-state index contributed by atoms with van der Waals surface area (Å²) in [6, 6.07) is 14.9. The van der Waals surface area contributed by atoms with Crippen molar-refractivity contribution in [2.45, 2.75) is 12.8 Å². The lowest BCUT2D eigenvalue weighted by molar-refractivity contribution is 0.0699. The summed E-state index contributed by atoms with van der Waals surface area (Å²) in [7, 11) is 0. The van der Waals surface area contributed by atoms with Crippen LogP contribution in [-0.2, 0) is 0 Å². The van der Waals surface area contributed by atoms with Crippen molar-refractivity contribution < 1.29 is 9.90 Å². The van der Waals surface area contributed by atoms with Gasteiger partial charge in [-0.2, -0.15) is 0 Å². The minimum atomic E-state index is -0.982. The first kappa shape index (κ1) is 15.9. The fraction of sp³-hybridized carbons (Fsp3) is 0.200. The summed E-state index contributed by atoms with van der Waals surface area (Å²) in [5.41, 5.74) is 3.60. The molecule has 0 bridgehead atoms. The second-order valence-corrected chi connectivity index (χ2v) is 6.70. The molecule has 0 amide bonds. The van der Waals surface area contributed by atoms with Gasteiger partial charge in [0.2, 0.25) is 0 Å². The summed E-state index contributed by atoms with van der Waals surface area (Å²) in [6.45, 7) is 2.19. The maximum atomic E-state index is 11.7. The first-order chi connectivity index (χ1) is 12.1. The lowest BCUT2D eigenvalue weighted by atomic mass is 10.0. The van der Waals surface area contributed by atoms with Crippen LogP contribution in [0, 0.1) is 0 Å². The normalized spacial score (nSPS) is 14.2. The van der Waals surface area contributed by atoms with Gasteiger partial charge in [0.25, 0.3) is 0 Å². The molecule has 0 spiro atoms. The summed E-state index contributed by atoms with van der Waals surface area (Å²) in [4.78, 5) is 18.6. The molecule has 2 heterocycles. The van der Waals surface area contributed by atoms with E-state index in [9.17, 15) is 9.90 Å². The van der Waals surface area contributed by atoms with Gasteiger partial charge in [0.15, 0.2) is 0 Å². The average molecular weight is 353 g/mol. The molecule has 4 rings (SSSR count). The van der Waals surface area contributed by atoms with Crippen LogP contribution in [0.1, 0.15) is 23.2 Å². The number of carboxylic acid groups (broad SMARTS) is 1. The summed E-state index contributed by atoms with van der Waals surface area (Å²) in [5.74, 6) is -0.982. The fourth-order valence-electron chi connectivity index (χ4n) is 3.34. The Kier molecular flexibility index (Phi) is 4.06. The first-order valence-corrected chi connectivity index (χ1v) is 8.68. The van der Waals surface area contributed by atoms with Crippen LogP contribution in [0.2, 0.25) is 5.02 Å². The molecule has 1 aliphatic rings. The molecule has 126 valence electrons. The smallest absolute Gasteiger partial charge is 0.336 e. The van der Waals surface area contributed by atoms with Gasteiger partial charge in [-0.3, -0.25) is 0 Å². The number of halogens is 1. The zero-order valence-corrected chi connectivity index (χ0v) is 14.3. The van der Waals surface area contributed by atoms with Gasteiger partial charge in [0.05, 0.1) is 16.8 Å². The third-order valence-corrected chi connectivity index (χ3v) is 4.87. The molecule has 1 fully saturated rings. The predicted molar refractivity (Wildman–Crippen MR) is 101 cm³/mol. The van der Waals surface area contributed by atoms with Gasteiger partial charge >= 0.3 is 5.97 Å². The monoisotopic (exact) mass is 352 g/mol. The Morgan fingerprint density at radius 3 is 2.44 bits per heavy atom. The van der Waals surface area contributed by atoms with Crippen molar-refractivity contribution in [1.29, 1.82) is 0 Å². The quantitative estimate of drug-likeness (QED) is 0.731. The van der Waals surface area contributed by atoms with Crippen molar-refractivity contribution in [1.82, 2.24) is 4.98 Å². The van der Waals surface area contributed by atoms with Crippen LogP contribution in [-0.4, -0.2) is 29.1 Å². The van der Waals surface area contributed by atoms with Crippen LogP contribution in [0.25, 0.3) is 22.2 Å². The molecule has 1 aliphatic heterocycles. The molecule has 5 heteroatoms. The molecule has 1 N–H and O–H groups in total. The van der Waals surface area contributed by atoms with E-state index in [1.807, 2.05) is 12.1 Å². The Hall–Kier alpha value is -2.59. The van der Waals surface area contributed by atoms with E-state index >= 15 is 0 Å².